The molecule has 0 unspecified atom stereocenters. The van der Waals surface area contributed by atoms with Crippen molar-refractivity contribution in [3.8, 4) is 33.7 Å². The molecule has 0 aliphatic carbocycles. The van der Waals surface area contributed by atoms with Crippen molar-refractivity contribution in [2.75, 3.05) is 4.90 Å². The summed E-state index contributed by atoms with van der Waals surface area (Å²) < 4.78 is 19.3. The number of fused-ring (bicyclic) bond motifs is 9. The molecule has 0 amide bonds. The Morgan fingerprint density at radius 1 is 0.345 bits per heavy atom. The van der Waals surface area contributed by atoms with Gasteiger partial charge in [0.15, 0.2) is 5.58 Å². The van der Waals surface area contributed by atoms with Crippen LogP contribution in [0.4, 0.5) is 17.1 Å². The van der Waals surface area contributed by atoms with Gasteiger partial charge in [-0.2, -0.15) is 0 Å². The van der Waals surface area contributed by atoms with Crippen LogP contribution in [-0.2, 0) is 0 Å². The van der Waals surface area contributed by atoms with Crippen LogP contribution in [0.2, 0.25) is 0 Å². The summed E-state index contributed by atoms with van der Waals surface area (Å²) in [7, 11) is 0. The highest BCUT2D eigenvalue weighted by molar-refractivity contribution is 6.17. The molecule has 3 aromatic heterocycles. The third-order valence-corrected chi connectivity index (χ3v) is 11.3. The molecule has 272 valence electrons. The average molecular weight is 745 g/mol. The number of anilines is 3. The van der Waals surface area contributed by atoms with Crippen molar-refractivity contribution < 1.29 is 13.3 Å². The van der Waals surface area contributed by atoms with Gasteiger partial charge in [0.1, 0.15) is 27.8 Å². The maximum atomic E-state index is 6.49. The Morgan fingerprint density at radius 3 is 1.78 bits per heavy atom. The largest absolute Gasteiger partial charge is 0.456 e. The molecule has 3 heterocycles. The zero-order valence-corrected chi connectivity index (χ0v) is 31.1. The molecule has 9 aromatic carbocycles. The summed E-state index contributed by atoms with van der Waals surface area (Å²) in [5.41, 5.74) is 13.4. The summed E-state index contributed by atoms with van der Waals surface area (Å²) in [5, 5.41) is 6.48. The van der Waals surface area contributed by atoms with E-state index in [0.717, 1.165) is 94.1 Å². The van der Waals surface area contributed by atoms with Gasteiger partial charge in [-0.1, -0.05) is 109 Å². The lowest BCUT2D eigenvalue weighted by Gasteiger charge is -2.26. The standard InChI is InChI=1S/C53H32N2O3/c1-2-8-33(9-3-1)35-16-21-40(22-17-35)55(42-25-27-44-43-12-6-7-13-47(43)56-50(44)32-42)41-23-18-36(19-24-41)38-20-26-45-49(31-38)57-48-29-28-46-52(51(45)48)58-53(54-46)39-15-14-34-10-4-5-11-37(34)30-39/h1-32H. The number of nitrogens with zero attached hydrogens (tertiary/aromatic N) is 2. The Hall–Kier alpha value is -7.89. The van der Waals surface area contributed by atoms with E-state index in [-0.39, 0.29) is 0 Å². The van der Waals surface area contributed by atoms with Crippen LogP contribution in [0.1, 0.15) is 0 Å². The first-order valence-electron chi connectivity index (χ1n) is 19.4. The molecule has 0 N–H and O–H groups in total. The van der Waals surface area contributed by atoms with Gasteiger partial charge in [-0.15, -0.1) is 0 Å². The number of rotatable bonds is 6. The molecule has 0 saturated carbocycles. The first-order chi connectivity index (χ1) is 28.7. The molecule has 0 saturated heterocycles. The van der Waals surface area contributed by atoms with Gasteiger partial charge in [0.25, 0.3) is 0 Å². The molecule has 5 heteroatoms. The van der Waals surface area contributed by atoms with E-state index in [9.17, 15) is 0 Å². The quantitative estimate of drug-likeness (QED) is 0.170. The van der Waals surface area contributed by atoms with E-state index in [1.165, 1.54) is 16.5 Å². The third-order valence-electron chi connectivity index (χ3n) is 11.3. The molecular formula is C53H32N2O3. The molecule has 0 aliphatic rings. The minimum atomic E-state index is 0.595. The van der Waals surface area contributed by atoms with E-state index < -0.39 is 0 Å². The number of aromatic nitrogens is 1. The van der Waals surface area contributed by atoms with Crippen LogP contribution < -0.4 is 4.90 Å². The molecule has 0 atom stereocenters. The minimum Gasteiger partial charge on any atom is -0.456 e. The highest BCUT2D eigenvalue weighted by Gasteiger charge is 2.19. The lowest BCUT2D eigenvalue weighted by Crippen LogP contribution is -2.09. The van der Waals surface area contributed by atoms with Crippen molar-refractivity contribution in [2.24, 2.45) is 0 Å². The maximum Gasteiger partial charge on any atom is 0.227 e. The predicted octanol–water partition coefficient (Wildman–Crippen LogP) is 15.3. The topological polar surface area (TPSA) is 55.6 Å². The average Bonchev–Trinajstić information content (AvgIpc) is 4.00. The summed E-state index contributed by atoms with van der Waals surface area (Å²) in [4.78, 5) is 7.16. The van der Waals surface area contributed by atoms with E-state index in [2.05, 4.69) is 163 Å². The van der Waals surface area contributed by atoms with E-state index >= 15 is 0 Å². The molecule has 0 radical (unpaired) electrons. The van der Waals surface area contributed by atoms with Gasteiger partial charge in [0.2, 0.25) is 5.89 Å². The molecule has 0 fully saturated rings. The van der Waals surface area contributed by atoms with Crippen molar-refractivity contribution in [3.63, 3.8) is 0 Å². The van der Waals surface area contributed by atoms with Gasteiger partial charge >= 0.3 is 0 Å². The monoisotopic (exact) mass is 744 g/mol. The highest BCUT2D eigenvalue weighted by Crippen LogP contribution is 2.42. The van der Waals surface area contributed by atoms with E-state index in [0.29, 0.717) is 5.89 Å². The van der Waals surface area contributed by atoms with Crippen LogP contribution in [0.25, 0.3) is 99.5 Å². The summed E-state index contributed by atoms with van der Waals surface area (Å²) in [6.45, 7) is 0. The van der Waals surface area contributed by atoms with Crippen LogP contribution in [0, 0.1) is 0 Å². The zero-order valence-electron chi connectivity index (χ0n) is 31.1. The summed E-state index contributed by atoms with van der Waals surface area (Å²) in [6.07, 6.45) is 0. The summed E-state index contributed by atoms with van der Waals surface area (Å²) in [5.74, 6) is 0.595. The Balaban J connectivity index is 0.913. The third kappa shape index (κ3) is 5.29. The number of para-hydroxylation sites is 1. The number of hydrogen-bond acceptors (Lipinski definition) is 5. The summed E-state index contributed by atoms with van der Waals surface area (Å²) >= 11 is 0. The second kappa shape index (κ2) is 12.8. The lowest BCUT2D eigenvalue weighted by atomic mass is 10.0. The van der Waals surface area contributed by atoms with Crippen molar-refractivity contribution in [2.45, 2.75) is 0 Å². The van der Waals surface area contributed by atoms with Gasteiger partial charge in [-0.25, -0.2) is 4.98 Å². The molecule has 0 spiro atoms. The number of oxazole rings is 1. The number of furan rings is 2. The number of hydrogen-bond donors (Lipinski definition) is 0. The molecule has 5 nitrogen and oxygen atoms in total. The Morgan fingerprint density at radius 2 is 0.948 bits per heavy atom. The van der Waals surface area contributed by atoms with Crippen LogP contribution in [-0.4, -0.2) is 4.98 Å². The highest BCUT2D eigenvalue weighted by atomic mass is 16.4. The molecule has 58 heavy (non-hydrogen) atoms. The number of benzene rings is 9. The van der Waals surface area contributed by atoms with Crippen molar-refractivity contribution in [3.05, 3.63) is 194 Å². The van der Waals surface area contributed by atoms with Gasteiger partial charge < -0.3 is 18.2 Å². The fraction of sp³-hybridized carbons (Fsp3) is 0. The lowest BCUT2D eigenvalue weighted by molar-refractivity contribution is 0.622. The molecule has 0 bridgehead atoms. The first kappa shape index (κ1) is 32.4. The normalized spacial score (nSPS) is 11.8. The predicted molar refractivity (Wildman–Crippen MR) is 237 cm³/mol. The SMILES string of the molecule is c1ccc(-c2ccc(N(c3ccc(-c4ccc5c(c4)oc4ccc6nc(-c7ccc8ccccc8c7)oc6c45)cc3)c3ccc4c(c3)oc3ccccc34)cc2)cc1. The Kier molecular flexibility index (Phi) is 7.16. The van der Waals surface area contributed by atoms with Crippen LogP contribution in [0.3, 0.4) is 0 Å². The second-order valence-electron chi connectivity index (χ2n) is 14.8. The fourth-order valence-corrected chi connectivity index (χ4v) is 8.41. The molecule has 0 aliphatic heterocycles. The fourth-order valence-electron chi connectivity index (χ4n) is 8.41. The molecule has 12 aromatic rings. The zero-order chi connectivity index (χ0) is 38.2. The van der Waals surface area contributed by atoms with E-state index in [1.54, 1.807) is 0 Å². The van der Waals surface area contributed by atoms with Gasteiger partial charge in [0, 0.05) is 44.9 Å². The van der Waals surface area contributed by atoms with Crippen molar-refractivity contribution >= 4 is 82.8 Å². The van der Waals surface area contributed by atoms with Gasteiger partial charge in [0.05, 0.1) is 5.39 Å². The Bertz CT molecular complexity index is 3500. The van der Waals surface area contributed by atoms with Crippen molar-refractivity contribution in [1.29, 1.82) is 0 Å². The van der Waals surface area contributed by atoms with E-state index in [1.807, 2.05) is 36.4 Å². The molecule has 12 rings (SSSR count). The van der Waals surface area contributed by atoms with Gasteiger partial charge in [-0.3, -0.25) is 0 Å². The van der Waals surface area contributed by atoms with Crippen LogP contribution >= 0.6 is 0 Å². The van der Waals surface area contributed by atoms with Crippen molar-refractivity contribution in [1.82, 2.24) is 4.98 Å². The minimum absolute atomic E-state index is 0.595. The Labute approximate surface area is 332 Å². The second-order valence-corrected chi connectivity index (χ2v) is 14.8. The summed E-state index contributed by atoms with van der Waals surface area (Å²) in [6, 6.07) is 67.6. The van der Waals surface area contributed by atoms with Gasteiger partial charge in [-0.05, 0) is 112 Å². The van der Waals surface area contributed by atoms with Crippen LogP contribution in [0.15, 0.2) is 207 Å². The van der Waals surface area contributed by atoms with Crippen LogP contribution in [0.5, 0.6) is 0 Å². The smallest absolute Gasteiger partial charge is 0.227 e. The molecular weight excluding hydrogens is 713 g/mol. The first-order valence-corrected chi connectivity index (χ1v) is 19.4. The van der Waals surface area contributed by atoms with E-state index in [4.69, 9.17) is 18.2 Å². The maximum absolute atomic E-state index is 6.49.